The zero-order valence-electron chi connectivity index (χ0n) is 13.3. The molecule has 3 heteroatoms. The molecule has 0 aliphatic carbocycles. The number of ether oxygens (including phenoxy) is 2. The van der Waals surface area contributed by atoms with E-state index < -0.39 is 5.79 Å². The molecule has 2 heterocycles. The number of piperidine rings is 1. The Kier molecular flexibility index (Phi) is 4.63. The van der Waals surface area contributed by atoms with E-state index in [0.717, 1.165) is 25.3 Å². The van der Waals surface area contributed by atoms with Gasteiger partial charge in [-0.05, 0) is 25.3 Å². The lowest BCUT2D eigenvalue weighted by Gasteiger charge is -2.48. The van der Waals surface area contributed by atoms with E-state index in [1.54, 1.807) is 0 Å². The van der Waals surface area contributed by atoms with E-state index in [2.05, 4.69) is 43.0 Å². The third-order valence-corrected chi connectivity index (χ3v) is 4.53. The summed E-state index contributed by atoms with van der Waals surface area (Å²) in [6, 6.07) is 11.0. The van der Waals surface area contributed by atoms with Crippen molar-refractivity contribution >= 4 is 0 Å². The molecule has 0 amide bonds. The maximum atomic E-state index is 6.31. The van der Waals surface area contributed by atoms with Crippen LogP contribution in [0.3, 0.4) is 0 Å². The highest BCUT2D eigenvalue weighted by Crippen LogP contribution is 2.36. The van der Waals surface area contributed by atoms with Crippen molar-refractivity contribution in [1.29, 1.82) is 0 Å². The van der Waals surface area contributed by atoms with Gasteiger partial charge in [0.25, 0.3) is 0 Å². The van der Waals surface area contributed by atoms with Crippen molar-refractivity contribution in [1.82, 2.24) is 4.90 Å². The molecule has 0 N–H and O–H groups in total. The zero-order valence-corrected chi connectivity index (χ0v) is 13.3. The van der Waals surface area contributed by atoms with E-state index in [1.165, 1.54) is 25.8 Å². The van der Waals surface area contributed by atoms with Crippen LogP contribution in [0.25, 0.3) is 0 Å². The highest BCUT2D eigenvalue weighted by molar-refractivity contribution is 5.21. The van der Waals surface area contributed by atoms with Crippen LogP contribution in [0.2, 0.25) is 0 Å². The molecule has 1 aromatic carbocycles. The van der Waals surface area contributed by atoms with E-state index in [9.17, 15) is 0 Å². The van der Waals surface area contributed by atoms with Crippen LogP contribution in [0.15, 0.2) is 30.3 Å². The Hall–Kier alpha value is -0.900. The second kappa shape index (κ2) is 6.47. The number of hydrogen-bond donors (Lipinski definition) is 0. The second-order valence-corrected chi connectivity index (χ2v) is 6.75. The van der Waals surface area contributed by atoms with Crippen LogP contribution in [0.4, 0.5) is 0 Å². The Morgan fingerprint density at radius 2 is 2.10 bits per heavy atom. The van der Waals surface area contributed by atoms with E-state index in [0.29, 0.717) is 12.0 Å². The first-order valence-electron chi connectivity index (χ1n) is 8.27. The summed E-state index contributed by atoms with van der Waals surface area (Å²) in [4.78, 5) is 2.57. The molecule has 1 aromatic rings. The molecule has 0 saturated carbocycles. The minimum absolute atomic E-state index is 0.508. The molecule has 0 radical (unpaired) electrons. The minimum atomic E-state index is -0.584. The second-order valence-electron chi connectivity index (χ2n) is 6.75. The Bertz CT molecular complexity index is 448. The summed E-state index contributed by atoms with van der Waals surface area (Å²) in [5.41, 5.74) is 1.15. The summed E-state index contributed by atoms with van der Waals surface area (Å²) < 4.78 is 12.6. The predicted octanol–water partition coefficient (Wildman–Crippen LogP) is 3.40. The maximum Gasteiger partial charge on any atom is 0.208 e. The van der Waals surface area contributed by atoms with Crippen LogP contribution in [0.1, 0.15) is 38.7 Å². The minimum Gasteiger partial charge on any atom is -0.345 e. The standard InChI is InChI=1S/C18H27NO2/c1-15(2)12-20-18(16-8-4-3-5-9-16)14-19-11-7-6-10-17(19)13-21-18/h3-5,8-9,15,17H,6-7,10-14H2,1-2H3. The Balaban J connectivity index is 1.82. The van der Waals surface area contributed by atoms with Crippen LogP contribution in [0.5, 0.6) is 0 Å². The van der Waals surface area contributed by atoms with Crippen LogP contribution in [0, 0.1) is 5.92 Å². The third kappa shape index (κ3) is 3.31. The number of hydrogen-bond acceptors (Lipinski definition) is 3. The molecule has 21 heavy (non-hydrogen) atoms. The average Bonchev–Trinajstić information content (AvgIpc) is 2.53. The van der Waals surface area contributed by atoms with Crippen LogP contribution < -0.4 is 0 Å². The fraction of sp³-hybridized carbons (Fsp3) is 0.667. The highest BCUT2D eigenvalue weighted by atomic mass is 16.7. The molecule has 2 fully saturated rings. The van der Waals surface area contributed by atoms with E-state index in [-0.39, 0.29) is 0 Å². The van der Waals surface area contributed by atoms with Gasteiger partial charge in [0.1, 0.15) is 0 Å². The Morgan fingerprint density at radius 1 is 1.29 bits per heavy atom. The van der Waals surface area contributed by atoms with Gasteiger partial charge in [-0.3, -0.25) is 4.90 Å². The van der Waals surface area contributed by atoms with Crippen LogP contribution >= 0.6 is 0 Å². The van der Waals surface area contributed by atoms with Crippen LogP contribution in [-0.4, -0.2) is 37.2 Å². The van der Waals surface area contributed by atoms with Gasteiger partial charge < -0.3 is 9.47 Å². The molecule has 3 rings (SSSR count). The van der Waals surface area contributed by atoms with E-state index in [4.69, 9.17) is 9.47 Å². The van der Waals surface area contributed by atoms with Gasteiger partial charge in [-0.15, -0.1) is 0 Å². The molecule has 2 saturated heterocycles. The van der Waals surface area contributed by atoms with Gasteiger partial charge in [0, 0.05) is 11.6 Å². The summed E-state index contributed by atoms with van der Waals surface area (Å²) in [5.74, 6) is -0.0763. The molecule has 2 atom stereocenters. The lowest BCUT2D eigenvalue weighted by atomic mass is 9.96. The SMILES string of the molecule is CC(C)COC1(c2ccccc2)CN2CCCCC2CO1. The first kappa shape index (κ1) is 15.0. The summed E-state index contributed by atoms with van der Waals surface area (Å²) in [7, 11) is 0. The normalized spacial score (nSPS) is 30.3. The summed E-state index contributed by atoms with van der Waals surface area (Å²) >= 11 is 0. The van der Waals surface area contributed by atoms with Gasteiger partial charge in [0.2, 0.25) is 5.79 Å². The molecule has 0 bridgehead atoms. The molecule has 3 nitrogen and oxygen atoms in total. The van der Waals surface area contributed by atoms with Crippen molar-refractivity contribution in [3.63, 3.8) is 0 Å². The van der Waals surface area contributed by atoms with Gasteiger partial charge in [0.05, 0.1) is 19.8 Å². The van der Waals surface area contributed by atoms with Crippen molar-refractivity contribution in [2.75, 3.05) is 26.3 Å². The van der Waals surface area contributed by atoms with Gasteiger partial charge in [-0.1, -0.05) is 50.6 Å². The molecular formula is C18H27NO2. The van der Waals surface area contributed by atoms with E-state index >= 15 is 0 Å². The summed E-state index contributed by atoms with van der Waals surface area (Å²) in [6.45, 7) is 7.92. The van der Waals surface area contributed by atoms with Gasteiger partial charge >= 0.3 is 0 Å². The Morgan fingerprint density at radius 3 is 2.86 bits per heavy atom. The highest BCUT2D eigenvalue weighted by Gasteiger charge is 2.43. The van der Waals surface area contributed by atoms with Crippen LogP contribution in [-0.2, 0) is 15.3 Å². The lowest BCUT2D eigenvalue weighted by Crippen LogP contribution is -2.57. The number of rotatable bonds is 4. The molecule has 0 aromatic heterocycles. The molecule has 2 aliphatic rings. The number of morpholine rings is 1. The van der Waals surface area contributed by atoms with E-state index in [1.807, 2.05) is 6.07 Å². The zero-order chi connectivity index (χ0) is 14.7. The fourth-order valence-electron chi connectivity index (χ4n) is 3.34. The molecule has 116 valence electrons. The van der Waals surface area contributed by atoms with Crippen molar-refractivity contribution in [3.05, 3.63) is 35.9 Å². The van der Waals surface area contributed by atoms with Crippen molar-refractivity contribution in [3.8, 4) is 0 Å². The Labute approximate surface area is 128 Å². The van der Waals surface area contributed by atoms with Gasteiger partial charge in [0.15, 0.2) is 0 Å². The van der Waals surface area contributed by atoms with Crippen molar-refractivity contribution in [2.24, 2.45) is 5.92 Å². The van der Waals surface area contributed by atoms with Gasteiger partial charge in [-0.2, -0.15) is 0 Å². The average molecular weight is 289 g/mol. The number of benzene rings is 1. The molecular weight excluding hydrogens is 262 g/mol. The van der Waals surface area contributed by atoms with Crippen molar-refractivity contribution in [2.45, 2.75) is 44.9 Å². The maximum absolute atomic E-state index is 6.31. The van der Waals surface area contributed by atoms with Crippen molar-refractivity contribution < 1.29 is 9.47 Å². The van der Waals surface area contributed by atoms with Gasteiger partial charge in [-0.25, -0.2) is 0 Å². The number of fused-ring (bicyclic) bond motifs is 1. The lowest BCUT2D eigenvalue weighted by molar-refractivity contribution is -0.293. The smallest absolute Gasteiger partial charge is 0.208 e. The fourth-order valence-corrected chi connectivity index (χ4v) is 3.34. The molecule has 2 aliphatic heterocycles. The number of nitrogens with zero attached hydrogens (tertiary/aromatic N) is 1. The first-order chi connectivity index (χ1) is 10.2. The summed E-state index contributed by atoms with van der Waals surface area (Å²) in [5, 5.41) is 0. The first-order valence-corrected chi connectivity index (χ1v) is 8.27. The molecule has 0 spiro atoms. The quantitative estimate of drug-likeness (QED) is 0.848. The largest absolute Gasteiger partial charge is 0.345 e. The predicted molar refractivity (Wildman–Crippen MR) is 84.1 cm³/mol. The summed E-state index contributed by atoms with van der Waals surface area (Å²) in [6.07, 6.45) is 3.89. The topological polar surface area (TPSA) is 21.7 Å². The third-order valence-electron chi connectivity index (χ3n) is 4.53. The monoisotopic (exact) mass is 289 g/mol. The molecule has 2 unspecified atom stereocenters.